The van der Waals surface area contributed by atoms with Gasteiger partial charge in [-0.25, -0.2) is 0 Å². The number of aromatic nitrogens is 2. The molecule has 1 unspecified atom stereocenters. The van der Waals surface area contributed by atoms with Crippen molar-refractivity contribution < 1.29 is 0 Å². The smallest absolute Gasteiger partial charge is 0.0624 e. The van der Waals surface area contributed by atoms with Crippen molar-refractivity contribution in [3.8, 4) is 0 Å². The molecule has 0 fully saturated rings. The SMILES string of the molecule is CCc1cc(CC(CNC)c2cccc(Cl)c2)n(CC)n1. The van der Waals surface area contributed by atoms with Crippen molar-refractivity contribution in [2.24, 2.45) is 0 Å². The zero-order chi connectivity index (χ0) is 15.2. The molecule has 0 amide bonds. The summed E-state index contributed by atoms with van der Waals surface area (Å²) in [7, 11) is 1.99. The second-order valence-corrected chi connectivity index (χ2v) is 5.75. The Morgan fingerprint density at radius 2 is 2.10 bits per heavy atom. The highest BCUT2D eigenvalue weighted by atomic mass is 35.5. The summed E-state index contributed by atoms with van der Waals surface area (Å²) in [6.45, 7) is 6.13. The van der Waals surface area contributed by atoms with Gasteiger partial charge in [0.1, 0.15) is 0 Å². The topological polar surface area (TPSA) is 29.9 Å². The molecular formula is C17H24ClN3. The molecule has 1 aromatic carbocycles. The first-order valence-corrected chi connectivity index (χ1v) is 8.01. The van der Waals surface area contributed by atoms with Crippen LogP contribution in [0.4, 0.5) is 0 Å². The molecule has 0 saturated heterocycles. The quantitative estimate of drug-likeness (QED) is 0.846. The van der Waals surface area contributed by atoms with Crippen LogP contribution >= 0.6 is 11.6 Å². The third kappa shape index (κ3) is 4.08. The van der Waals surface area contributed by atoms with Crippen LogP contribution < -0.4 is 5.32 Å². The standard InChI is InChI=1S/C17H24ClN3/c1-4-16-11-17(21(5-2)20-16)10-14(12-19-3)13-7-6-8-15(18)9-13/h6-9,11,14,19H,4-5,10,12H2,1-3H3. The van der Waals surface area contributed by atoms with E-state index in [9.17, 15) is 0 Å². The first-order valence-electron chi connectivity index (χ1n) is 7.63. The minimum absolute atomic E-state index is 0.403. The number of hydrogen-bond acceptors (Lipinski definition) is 2. The molecule has 0 aliphatic carbocycles. The summed E-state index contributed by atoms with van der Waals surface area (Å²) in [6.07, 6.45) is 1.95. The van der Waals surface area contributed by atoms with Gasteiger partial charge in [0.05, 0.1) is 5.69 Å². The fourth-order valence-corrected chi connectivity index (χ4v) is 2.89. The number of likely N-dealkylation sites (N-methyl/N-ethyl adjacent to an activating group) is 1. The molecule has 0 aliphatic heterocycles. The average Bonchev–Trinajstić information content (AvgIpc) is 2.89. The Morgan fingerprint density at radius 3 is 2.71 bits per heavy atom. The van der Waals surface area contributed by atoms with Crippen LogP contribution in [-0.2, 0) is 19.4 Å². The van der Waals surface area contributed by atoms with Gasteiger partial charge in [0.2, 0.25) is 0 Å². The van der Waals surface area contributed by atoms with Gasteiger partial charge >= 0.3 is 0 Å². The van der Waals surface area contributed by atoms with Crippen molar-refractivity contribution in [2.75, 3.05) is 13.6 Å². The lowest BCUT2D eigenvalue weighted by Gasteiger charge is -2.18. The monoisotopic (exact) mass is 305 g/mol. The predicted molar refractivity (Wildman–Crippen MR) is 89.1 cm³/mol. The number of benzene rings is 1. The maximum absolute atomic E-state index is 6.14. The van der Waals surface area contributed by atoms with Gasteiger partial charge in [0, 0.05) is 29.7 Å². The number of nitrogens with one attached hydrogen (secondary N) is 1. The highest BCUT2D eigenvalue weighted by molar-refractivity contribution is 6.30. The number of hydrogen-bond donors (Lipinski definition) is 1. The van der Waals surface area contributed by atoms with E-state index >= 15 is 0 Å². The molecule has 1 atom stereocenters. The van der Waals surface area contributed by atoms with E-state index in [1.165, 1.54) is 17.0 Å². The molecule has 3 nitrogen and oxygen atoms in total. The normalized spacial score (nSPS) is 12.6. The molecule has 1 heterocycles. The maximum atomic E-state index is 6.14. The van der Waals surface area contributed by atoms with E-state index in [1.807, 2.05) is 19.2 Å². The second-order valence-electron chi connectivity index (χ2n) is 5.31. The molecule has 0 bridgehead atoms. The van der Waals surface area contributed by atoms with E-state index in [0.29, 0.717) is 5.92 Å². The third-order valence-electron chi connectivity index (χ3n) is 3.80. The van der Waals surface area contributed by atoms with Crippen LogP contribution in [0.1, 0.15) is 36.7 Å². The van der Waals surface area contributed by atoms with Gasteiger partial charge in [-0.2, -0.15) is 5.10 Å². The molecule has 21 heavy (non-hydrogen) atoms. The Labute approximate surface area is 132 Å². The van der Waals surface area contributed by atoms with Crippen LogP contribution in [0.15, 0.2) is 30.3 Å². The van der Waals surface area contributed by atoms with E-state index in [1.54, 1.807) is 0 Å². The highest BCUT2D eigenvalue weighted by Gasteiger charge is 2.15. The predicted octanol–water partition coefficient (Wildman–Crippen LogP) is 3.66. The second kappa shape index (κ2) is 7.62. The molecule has 0 aliphatic rings. The Bertz CT molecular complexity index is 577. The largest absolute Gasteiger partial charge is 0.319 e. The molecular weight excluding hydrogens is 282 g/mol. The molecule has 2 aromatic rings. The first kappa shape index (κ1) is 16.1. The van der Waals surface area contributed by atoms with Crippen molar-refractivity contribution in [3.05, 3.63) is 52.3 Å². The van der Waals surface area contributed by atoms with Crippen molar-refractivity contribution >= 4 is 11.6 Å². The van der Waals surface area contributed by atoms with Crippen LogP contribution in [0.25, 0.3) is 0 Å². The Kier molecular flexibility index (Phi) is 5.83. The van der Waals surface area contributed by atoms with Gasteiger partial charge < -0.3 is 5.32 Å². The molecule has 0 radical (unpaired) electrons. The molecule has 1 N–H and O–H groups in total. The molecule has 2 rings (SSSR count). The van der Waals surface area contributed by atoms with Gasteiger partial charge in [-0.15, -0.1) is 0 Å². The van der Waals surface area contributed by atoms with E-state index in [-0.39, 0.29) is 0 Å². The van der Waals surface area contributed by atoms with Gasteiger partial charge in [-0.3, -0.25) is 4.68 Å². The van der Waals surface area contributed by atoms with E-state index < -0.39 is 0 Å². The van der Waals surface area contributed by atoms with Crippen LogP contribution in [0, 0.1) is 0 Å². The summed E-state index contributed by atoms with van der Waals surface area (Å²) >= 11 is 6.14. The van der Waals surface area contributed by atoms with Gasteiger partial charge in [-0.1, -0.05) is 30.7 Å². The summed E-state index contributed by atoms with van der Waals surface area (Å²) < 4.78 is 2.12. The fraction of sp³-hybridized carbons (Fsp3) is 0.471. The lowest BCUT2D eigenvalue weighted by molar-refractivity contribution is 0.562. The summed E-state index contributed by atoms with van der Waals surface area (Å²) in [5.74, 6) is 0.403. The summed E-state index contributed by atoms with van der Waals surface area (Å²) in [5, 5.41) is 8.73. The van der Waals surface area contributed by atoms with E-state index in [2.05, 4.69) is 47.1 Å². The fourth-order valence-electron chi connectivity index (χ4n) is 2.69. The lowest BCUT2D eigenvalue weighted by Crippen LogP contribution is -2.20. The Balaban J connectivity index is 2.25. The summed E-state index contributed by atoms with van der Waals surface area (Å²) in [4.78, 5) is 0. The van der Waals surface area contributed by atoms with Crippen molar-refractivity contribution in [3.63, 3.8) is 0 Å². The van der Waals surface area contributed by atoms with Gasteiger partial charge in [0.15, 0.2) is 0 Å². The lowest BCUT2D eigenvalue weighted by atomic mass is 9.94. The minimum Gasteiger partial charge on any atom is -0.319 e. The highest BCUT2D eigenvalue weighted by Crippen LogP contribution is 2.23. The van der Waals surface area contributed by atoms with E-state index in [0.717, 1.165) is 31.0 Å². The van der Waals surface area contributed by atoms with Gasteiger partial charge in [-0.05, 0) is 50.6 Å². The van der Waals surface area contributed by atoms with Crippen LogP contribution in [0.3, 0.4) is 0 Å². The van der Waals surface area contributed by atoms with Crippen LogP contribution in [0.2, 0.25) is 5.02 Å². The van der Waals surface area contributed by atoms with Crippen molar-refractivity contribution in [1.29, 1.82) is 0 Å². The minimum atomic E-state index is 0.403. The summed E-state index contributed by atoms with van der Waals surface area (Å²) in [5.41, 5.74) is 3.74. The number of halogens is 1. The van der Waals surface area contributed by atoms with Crippen LogP contribution in [0.5, 0.6) is 0 Å². The maximum Gasteiger partial charge on any atom is 0.0624 e. The summed E-state index contributed by atoms with van der Waals surface area (Å²) in [6, 6.07) is 10.4. The Morgan fingerprint density at radius 1 is 1.29 bits per heavy atom. The zero-order valence-electron chi connectivity index (χ0n) is 13.1. The number of aryl methyl sites for hydroxylation is 2. The first-order chi connectivity index (χ1) is 10.2. The molecule has 1 aromatic heterocycles. The van der Waals surface area contributed by atoms with Crippen LogP contribution in [-0.4, -0.2) is 23.4 Å². The molecule has 0 spiro atoms. The number of nitrogens with zero attached hydrogens (tertiary/aromatic N) is 2. The Hall–Kier alpha value is -1.32. The molecule has 114 valence electrons. The van der Waals surface area contributed by atoms with Crippen molar-refractivity contribution in [1.82, 2.24) is 15.1 Å². The zero-order valence-corrected chi connectivity index (χ0v) is 13.8. The van der Waals surface area contributed by atoms with E-state index in [4.69, 9.17) is 11.6 Å². The molecule has 4 heteroatoms. The molecule has 0 saturated carbocycles. The average molecular weight is 306 g/mol. The van der Waals surface area contributed by atoms with Gasteiger partial charge in [0.25, 0.3) is 0 Å². The van der Waals surface area contributed by atoms with Crippen molar-refractivity contribution in [2.45, 2.75) is 39.2 Å². The third-order valence-corrected chi connectivity index (χ3v) is 4.04. The number of rotatable bonds is 7.